The molecule has 0 bridgehead atoms. The maximum atomic E-state index is 13.2. The Morgan fingerprint density at radius 2 is 1.72 bits per heavy atom. The van der Waals surface area contributed by atoms with Crippen molar-refractivity contribution in [2.24, 2.45) is 0 Å². The Morgan fingerprint density at radius 3 is 2.28 bits per heavy atom. The highest BCUT2D eigenvalue weighted by molar-refractivity contribution is 5.72. The normalized spacial score (nSPS) is 13.8. The second kappa shape index (κ2) is 7.05. The Morgan fingerprint density at radius 1 is 1.07 bits per heavy atom. The molecule has 1 aromatic heterocycles. The summed E-state index contributed by atoms with van der Waals surface area (Å²) in [5.41, 5.74) is 4.12. The minimum atomic E-state index is -0.261. The molecule has 3 rings (SSSR count). The lowest BCUT2D eigenvalue weighted by molar-refractivity contribution is -0.664. The number of phenolic OH excluding ortho intramolecular Hbond substituents is 1. The number of nitrogens with zero attached hydrogens (tertiary/aromatic N) is 3. The summed E-state index contributed by atoms with van der Waals surface area (Å²) in [5.74, 6) is 0.320. The van der Waals surface area contributed by atoms with Crippen molar-refractivity contribution in [3.05, 3.63) is 52.2 Å². The number of fused-ring (bicyclic) bond motifs is 1. The summed E-state index contributed by atoms with van der Waals surface area (Å²) < 4.78 is 0. The van der Waals surface area contributed by atoms with Gasteiger partial charge in [0, 0.05) is 6.07 Å². The van der Waals surface area contributed by atoms with Crippen molar-refractivity contribution < 1.29 is 9.95 Å². The molecule has 1 heterocycles. The third-order valence-corrected chi connectivity index (χ3v) is 5.76. The molecule has 29 heavy (non-hydrogen) atoms. The summed E-state index contributed by atoms with van der Waals surface area (Å²) in [7, 11) is 0. The average molecular weight is 396 g/mol. The number of hydrogen-bond donors (Lipinski definition) is 1. The summed E-state index contributed by atoms with van der Waals surface area (Å²) in [6.07, 6.45) is 0.898. The van der Waals surface area contributed by atoms with Crippen LogP contribution in [-0.2, 0) is 10.8 Å². The second-order valence-electron chi connectivity index (χ2n) is 10.1. The molecule has 0 spiro atoms. The van der Waals surface area contributed by atoms with Gasteiger partial charge in [0.15, 0.2) is 11.4 Å². The van der Waals surface area contributed by atoms with Crippen LogP contribution in [0.4, 0.5) is 0 Å². The van der Waals surface area contributed by atoms with Crippen LogP contribution in [0, 0.1) is 5.21 Å². The van der Waals surface area contributed by atoms with Crippen LogP contribution in [0.1, 0.15) is 84.4 Å². The molecule has 2 aromatic carbocycles. The lowest BCUT2D eigenvalue weighted by atomic mass is 9.83. The van der Waals surface area contributed by atoms with Crippen LogP contribution in [0.15, 0.2) is 30.3 Å². The van der Waals surface area contributed by atoms with Gasteiger partial charge in [-0.15, -0.1) is 4.85 Å². The number of rotatable bonds is 3. The van der Waals surface area contributed by atoms with Crippen LogP contribution in [0.5, 0.6) is 5.75 Å². The van der Waals surface area contributed by atoms with Crippen LogP contribution < -0.4 is 4.85 Å². The molecule has 0 aliphatic carbocycles. The van der Waals surface area contributed by atoms with Crippen LogP contribution in [0.3, 0.4) is 0 Å². The lowest BCUT2D eigenvalue weighted by Gasteiger charge is -2.24. The monoisotopic (exact) mass is 395 g/mol. The Bertz CT molecular complexity index is 1050. The molecule has 1 atom stereocenters. The van der Waals surface area contributed by atoms with Crippen molar-refractivity contribution in [3.8, 4) is 11.4 Å². The van der Waals surface area contributed by atoms with E-state index < -0.39 is 0 Å². The molecule has 1 N–H and O–H groups in total. The highest BCUT2D eigenvalue weighted by Gasteiger charge is 2.30. The average Bonchev–Trinajstić information content (AvgIpc) is 2.95. The molecule has 1 unspecified atom stereocenters. The van der Waals surface area contributed by atoms with Crippen LogP contribution in [0.25, 0.3) is 16.7 Å². The van der Waals surface area contributed by atoms with Gasteiger partial charge in [-0.1, -0.05) is 73.6 Å². The zero-order valence-corrected chi connectivity index (χ0v) is 18.9. The zero-order valence-electron chi connectivity index (χ0n) is 18.9. The summed E-state index contributed by atoms with van der Waals surface area (Å²) in [6, 6.07) is 9.75. The molecule has 0 fully saturated rings. The molecule has 156 valence electrons. The number of aromatic hydroxyl groups is 1. The second-order valence-corrected chi connectivity index (χ2v) is 10.1. The fourth-order valence-corrected chi connectivity index (χ4v) is 3.64. The highest BCUT2D eigenvalue weighted by Crippen LogP contribution is 2.39. The van der Waals surface area contributed by atoms with E-state index in [4.69, 9.17) is 0 Å². The predicted molar refractivity (Wildman–Crippen MR) is 118 cm³/mol. The smallest absolute Gasteiger partial charge is 0.250 e. The molecule has 0 aliphatic rings. The fourth-order valence-electron chi connectivity index (χ4n) is 3.64. The van der Waals surface area contributed by atoms with E-state index in [9.17, 15) is 10.3 Å². The van der Waals surface area contributed by atoms with E-state index >= 15 is 0 Å². The fraction of sp³-hybridized carbons (Fsp3) is 0.500. The maximum Gasteiger partial charge on any atom is 0.250 e. The molecule has 3 aromatic rings. The molecule has 0 amide bonds. The number of benzene rings is 2. The molecule has 0 radical (unpaired) electrons. The summed E-state index contributed by atoms with van der Waals surface area (Å²) >= 11 is 0. The van der Waals surface area contributed by atoms with Crippen molar-refractivity contribution in [2.45, 2.75) is 78.6 Å². The first-order chi connectivity index (χ1) is 13.4. The zero-order chi connectivity index (χ0) is 21.7. The molecule has 0 saturated heterocycles. The van der Waals surface area contributed by atoms with Gasteiger partial charge >= 0.3 is 0 Å². The van der Waals surface area contributed by atoms with Gasteiger partial charge < -0.3 is 10.3 Å². The quantitative estimate of drug-likeness (QED) is 0.472. The van der Waals surface area contributed by atoms with Crippen molar-refractivity contribution in [2.75, 3.05) is 0 Å². The van der Waals surface area contributed by atoms with Gasteiger partial charge in [0.2, 0.25) is 5.52 Å². The Kier molecular flexibility index (Phi) is 5.14. The SMILES string of the molecule is CCC(C)c1ccc(C(C)(C)C)c(-n2nc3cc(C(C)(C)C)ccc3[n+]2[O-])c1O. The van der Waals surface area contributed by atoms with Crippen molar-refractivity contribution in [1.82, 2.24) is 9.90 Å². The van der Waals surface area contributed by atoms with Gasteiger partial charge in [0.1, 0.15) is 0 Å². The van der Waals surface area contributed by atoms with Crippen molar-refractivity contribution in [3.63, 3.8) is 0 Å². The topological polar surface area (TPSA) is 65.0 Å². The van der Waals surface area contributed by atoms with Crippen molar-refractivity contribution in [1.29, 1.82) is 0 Å². The lowest BCUT2D eigenvalue weighted by Crippen LogP contribution is -2.38. The number of phenols is 1. The molecular formula is C24H33N3O2. The minimum Gasteiger partial charge on any atom is -0.692 e. The molecule has 5 nitrogen and oxygen atoms in total. The van der Waals surface area contributed by atoms with E-state index in [0.717, 1.165) is 28.0 Å². The summed E-state index contributed by atoms with van der Waals surface area (Å²) in [4.78, 5) is 2.10. The van der Waals surface area contributed by atoms with Gasteiger partial charge in [-0.3, -0.25) is 0 Å². The van der Waals surface area contributed by atoms with E-state index in [1.165, 1.54) is 4.80 Å². The van der Waals surface area contributed by atoms with Crippen LogP contribution in [-0.4, -0.2) is 15.0 Å². The van der Waals surface area contributed by atoms with E-state index in [0.29, 0.717) is 16.7 Å². The molecular weight excluding hydrogens is 362 g/mol. The van der Waals surface area contributed by atoms with E-state index in [1.807, 2.05) is 30.3 Å². The van der Waals surface area contributed by atoms with Gasteiger partial charge in [-0.05, 0) is 50.7 Å². The van der Waals surface area contributed by atoms with Crippen LogP contribution in [0.2, 0.25) is 0 Å². The van der Waals surface area contributed by atoms with E-state index in [-0.39, 0.29) is 22.5 Å². The predicted octanol–water partition coefficient (Wildman–Crippen LogP) is 5.47. The first kappa shape index (κ1) is 21.2. The summed E-state index contributed by atoms with van der Waals surface area (Å²) in [6.45, 7) is 16.8. The molecule has 0 saturated carbocycles. The Hall–Kier alpha value is -2.56. The highest BCUT2D eigenvalue weighted by atomic mass is 16.5. The van der Waals surface area contributed by atoms with Gasteiger partial charge in [-0.25, -0.2) is 0 Å². The summed E-state index contributed by atoms with van der Waals surface area (Å²) in [5, 5.41) is 29.0. The third-order valence-electron chi connectivity index (χ3n) is 5.76. The van der Waals surface area contributed by atoms with E-state index in [2.05, 4.69) is 60.5 Å². The van der Waals surface area contributed by atoms with Gasteiger partial charge in [-0.2, -0.15) is 0 Å². The largest absolute Gasteiger partial charge is 0.692 e. The third kappa shape index (κ3) is 3.70. The van der Waals surface area contributed by atoms with Gasteiger partial charge in [0.05, 0.1) is 5.10 Å². The minimum absolute atomic E-state index is 0.0408. The molecule has 5 heteroatoms. The van der Waals surface area contributed by atoms with Gasteiger partial charge in [0.25, 0.3) is 5.52 Å². The van der Waals surface area contributed by atoms with Crippen molar-refractivity contribution >= 4 is 11.0 Å². The van der Waals surface area contributed by atoms with E-state index in [1.54, 1.807) is 0 Å². The Balaban J connectivity index is 2.34. The first-order valence-electron chi connectivity index (χ1n) is 10.4. The number of aromatic nitrogens is 3. The van der Waals surface area contributed by atoms with Crippen LogP contribution >= 0.6 is 0 Å². The molecule has 0 aliphatic heterocycles. The standard InChI is InChI=1S/C24H33N3O2/c1-9-15(2)17-11-12-18(24(6,7)8)21(22(17)28)26-25-19-14-16(23(3,4)5)10-13-20(19)27(26)29/h10-15,28H,9H2,1-8H3. The number of hydrogen-bond acceptors (Lipinski definition) is 3. The Labute approximate surface area is 173 Å². The first-order valence-corrected chi connectivity index (χ1v) is 10.4. The maximum absolute atomic E-state index is 13.2.